The van der Waals surface area contributed by atoms with E-state index in [1.165, 1.54) is 19.3 Å². The van der Waals surface area contributed by atoms with Crippen LogP contribution >= 0.6 is 0 Å². The highest BCUT2D eigenvalue weighted by atomic mass is 16.3. The highest BCUT2D eigenvalue weighted by Gasteiger charge is 2.33. The fraction of sp³-hybridized carbons (Fsp3) is 1.00. The molecular weight excluding hydrogens is 192 g/mol. The lowest BCUT2D eigenvalue weighted by Gasteiger charge is -2.24. The molecule has 1 aliphatic heterocycles. The molecule has 1 saturated heterocycles. The summed E-state index contributed by atoms with van der Waals surface area (Å²) in [5.41, 5.74) is 0. The highest BCUT2D eigenvalue weighted by molar-refractivity contribution is 4.89. The first kappa shape index (κ1) is 11.3. The van der Waals surface area contributed by atoms with Gasteiger partial charge in [-0.05, 0) is 25.8 Å². The van der Waals surface area contributed by atoms with E-state index in [1.807, 2.05) is 7.05 Å². The van der Waals surface area contributed by atoms with Gasteiger partial charge in [0, 0.05) is 25.7 Å². The molecule has 0 amide bonds. The Bertz CT molecular complexity index is 203. The summed E-state index contributed by atoms with van der Waals surface area (Å²) < 4.78 is 0. The Hall–Kier alpha value is -0.160. The Kier molecular flexibility index (Phi) is 3.61. The fourth-order valence-electron chi connectivity index (χ4n) is 2.96. The molecule has 2 aliphatic rings. The SMILES string of the molecule is CNC1CCCC1CN1CC(O)C(O)C1. The third-order valence-corrected chi connectivity index (χ3v) is 3.86. The average molecular weight is 214 g/mol. The Morgan fingerprint density at radius 2 is 1.87 bits per heavy atom. The van der Waals surface area contributed by atoms with E-state index in [-0.39, 0.29) is 0 Å². The molecule has 0 radical (unpaired) electrons. The molecule has 0 spiro atoms. The normalized spacial score (nSPS) is 42.6. The molecule has 0 bridgehead atoms. The number of hydrogen-bond acceptors (Lipinski definition) is 4. The lowest BCUT2D eigenvalue weighted by molar-refractivity contribution is 0.0572. The maximum Gasteiger partial charge on any atom is 0.0938 e. The second kappa shape index (κ2) is 4.78. The van der Waals surface area contributed by atoms with Crippen LogP contribution in [0.1, 0.15) is 19.3 Å². The van der Waals surface area contributed by atoms with Crippen molar-refractivity contribution in [2.45, 2.75) is 37.5 Å². The predicted octanol–water partition coefficient (Wildman–Crippen LogP) is -0.588. The average Bonchev–Trinajstić information content (AvgIpc) is 2.75. The van der Waals surface area contributed by atoms with Gasteiger partial charge in [0.1, 0.15) is 0 Å². The summed E-state index contributed by atoms with van der Waals surface area (Å²) in [4.78, 5) is 2.19. The molecule has 4 unspecified atom stereocenters. The van der Waals surface area contributed by atoms with Crippen molar-refractivity contribution in [2.75, 3.05) is 26.7 Å². The fourth-order valence-corrected chi connectivity index (χ4v) is 2.96. The maximum absolute atomic E-state index is 9.46. The molecule has 3 N–H and O–H groups in total. The first-order valence-electron chi connectivity index (χ1n) is 5.96. The quantitative estimate of drug-likeness (QED) is 0.588. The zero-order valence-electron chi connectivity index (χ0n) is 9.39. The number of hydrogen-bond donors (Lipinski definition) is 3. The molecule has 0 aromatic rings. The molecule has 1 saturated carbocycles. The Morgan fingerprint density at radius 1 is 1.20 bits per heavy atom. The first-order valence-corrected chi connectivity index (χ1v) is 5.96. The first-order chi connectivity index (χ1) is 7.20. The van der Waals surface area contributed by atoms with Crippen molar-refractivity contribution in [3.05, 3.63) is 0 Å². The second-order valence-corrected chi connectivity index (χ2v) is 4.94. The van der Waals surface area contributed by atoms with Gasteiger partial charge in [-0.25, -0.2) is 0 Å². The minimum Gasteiger partial charge on any atom is -0.389 e. The molecule has 1 aliphatic carbocycles. The molecule has 1 heterocycles. The van der Waals surface area contributed by atoms with E-state index in [4.69, 9.17) is 0 Å². The zero-order chi connectivity index (χ0) is 10.8. The van der Waals surface area contributed by atoms with Crippen LogP contribution < -0.4 is 5.32 Å². The van der Waals surface area contributed by atoms with Gasteiger partial charge in [-0.15, -0.1) is 0 Å². The van der Waals surface area contributed by atoms with Crippen LogP contribution in [0.4, 0.5) is 0 Å². The Labute approximate surface area is 91.3 Å². The van der Waals surface area contributed by atoms with E-state index in [1.54, 1.807) is 0 Å². The molecule has 4 nitrogen and oxygen atoms in total. The van der Waals surface area contributed by atoms with Crippen molar-refractivity contribution >= 4 is 0 Å². The number of nitrogens with one attached hydrogen (secondary N) is 1. The predicted molar refractivity (Wildman–Crippen MR) is 58.6 cm³/mol. The van der Waals surface area contributed by atoms with Crippen LogP contribution in [-0.4, -0.2) is 60.0 Å². The minimum absolute atomic E-state index is 0.542. The number of rotatable bonds is 3. The molecule has 15 heavy (non-hydrogen) atoms. The van der Waals surface area contributed by atoms with E-state index in [9.17, 15) is 10.2 Å². The van der Waals surface area contributed by atoms with Crippen molar-refractivity contribution in [2.24, 2.45) is 5.92 Å². The van der Waals surface area contributed by atoms with Crippen LogP contribution in [0.25, 0.3) is 0 Å². The molecular formula is C11H22N2O2. The number of aliphatic hydroxyl groups excluding tert-OH is 2. The van der Waals surface area contributed by atoms with Gasteiger partial charge in [0.05, 0.1) is 12.2 Å². The van der Waals surface area contributed by atoms with Crippen molar-refractivity contribution in [3.8, 4) is 0 Å². The second-order valence-electron chi connectivity index (χ2n) is 4.94. The lowest BCUT2D eigenvalue weighted by Crippen LogP contribution is -2.37. The van der Waals surface area contributed by atoms with Gasteiger partial charge in [-0.1, -0.05) is 6.42 Å². The smallest absolute Gasteiger partial charge is 0.0938 e. The summed E-state index contributed by atoms with van der Waals surface area (Å²) in [6, 6.07) is 0.625. The van der Waals surface area contributed by atoms with Gasteiger partial charge in [-0.2, -0.15) is 0 Å². The number of β-amino-alcohol motifs (C(OH)–C–C–N with tert-alkyl or cyclic N) is 2. The molecule has 2 fully saturated rings. The van der Waals surface area contributed by atoms with E-state index >= 15 is 0 Å². The standard InChI is InChI=1S/C11H22N2O2/c1-12-9-4-2-3-8(9)5-13-6-10(14)11(15)7-13/h8-12,14-15H,2-7H2,1H3. The van der Waals surface area contributed by atoms with Crippen molar-refractivity contribution < 1.29 is 10.2 Å². The summed E-state index contributed by atoms with van der Waals surface area (Å²) in [6.07, 6.45) is 2.75. The summed E-state index contributed by atoms with van der Waals surface area (Å²) in [6.45, 7) is 2.28. The van der Waals surface area contributed by atoms with Gasteiger partial charge in [0.15, 0.2) is 0 Å². The van der Waals surface area contributed by atoms with E-state index in [0.717, 1.165) is 6.54 Å². The highest BCUT2D eigenvalue weighted by Crippen LogP contribution is 2.27. The maximum atomic E-state index is 9.46. The molecule has 0 aromatic heterocycles. The van der Waals surface area contributed by atoms with Crippen molar-refractivity contribution in [1.29, 1.82) is 0 Å². The zero-order valence-corrected chi connectivity index (χ0v) is 9.39. The van der Waals surface area contributed by atoms with Gasteiger partial charge >= 0.3 is 0 Å². The van der Waals surface area contributed by atoms with Crippen LogP contribution in [0.15, 0.2) is 0 Å². The van der Waals surface area contributed by atoms with E-state index in [0.29, 0.717) is 25.0 Å². The Balaban J connectivity index is 1.82. The summed E-state index contributed by atoms with van der Waals surface area (Å²) in [7, 11) is 2.02. The van der Waals surface area contributed by atoms with Gasteiger partial charge in [0.2, 0.25) is 0 Å². The van der Waals surface area contributed by atoms with Crippen molar-refractivity contribution in [3.63, 3.8) is 0 Å². The van der Waals surface area contributed by atoms with Gasteiger partial charge < -0.3 is 15.5 Å². The number of aliphatic hydroxyl groups is 2. The third kappa shape index (κ3) is 2.50. The molecule has 2 rings (SSSR count). The molecule has 4 heteroatoms. The largest absolute Gasteiger partial charge is 0.389 e. The summed E-state index contributed by atoms with van der Waals surface area (Å²) in [5, 5.41) is 22.3. The number of likely N-dealkylation sites (tertiary alicyclic amines) is 1. The van der Waals surface area contributed by atoms with Crippen LogP contribution in [0.5, 0.6) is 0 Å². The number of nitrogens with zero attached hydrogens (tertiary/aromatic N) is 1. The third-order valence-electron chi connectivity index (χ3n) is 3.86. The van der Waals surface area contributed by atoms with Crippen LogP contribution in [0.2, 0.25) is 0 Å². The molecule has 4 atom stereocenters. The van der Waals surface area contributed by atoms with Crippen LogP contribution in [0, 0.1) is 5.92 Å². The van der Waals surface area contributed by atoms with Crippen molar-refractivity contribution in [1.82, 2.24) is 10.2 Å². The molecule has 88 valence electrons. The van der Waals surface area contributed by atoms with Gasteiger partial charge in [-0.3, -0.25) is 4.90 Å². The Morgan fingerprint density at radius 3 is 2.47 bits per heavy atom. The summed E-state index contributed by atoms with van der Waals surface area (Å²) in [5.74, 6) is 0.687. The van der Waals surface area contributed by atoms with E-state index in [2.05, 4.69) is 10.2 Å². The van der Waals surface area contributed by atoms with Crippen LogP contribution in [-0.2, 0) is 0 Å². The van der Waals surface area contributed by atoms with Crippen LogP contribution in [0.3, 0.4) is 0 Å². The van der Waals surface area contributed by atoms with E-state index < -0.39 is 12.2 Å². The minimum atomic E-state index is -0.542. The van der Waals surface area contributed by atoms with Gasteiger partial charge in [0.25, 0.3) is 0 Å². The summed E-state index contributed by atoms with van der Waals surface area (Å²) >= 11 is 0. The monoisotopic (exact) mass is 214 g/mol. The lowest BCUT2D eigenvalue weighted by atomic mass is 10.0. The molecule has 0 aromatic carbocycles. The topological polar surface area (TPSA) is 55.7 Å².